The van der Waals surface area contributed by atoms with Crippen LogP contribution in [0.25, 0.3) is 0 Å². The van der Waals surface area contributed by atoms with E-state index in [1.54, 1.807) is 18.2 Å². The van der Waals surface area contributed by atoms with Gasteiger partial charge in [0, 0.05) is 36.1 Å². The molecule has 2 saturated heterocycles. The summed E-state index contributed by atoms with van der Waals surface area (Å²) in [5.41, 5.74) is 0.794. The van der Waals surface area contributed by atoms with E-state index < -0.39 is 28.0 Å². The van der Waals surface area contributed by atoms with Crippen molar-refractivity contribution in [3.05, 3.63) is 40.4 Å². The highest BCUT2D eigenvalue weighted by atomic mass is 35.5. The molecule has 1 amide bonds. The Morgan fingerprint density at radius 1 is 1.33 bits per heavy atom. The third-order valence-corrected chi connectivity index (χ3v) is 8.68. The van der Waals surface area contributed by atoms with E-state index in [1.807, 2.05) is 39.5 Å². The molecular weight excluding hydrogens is 523 g/mol. The molecule has 2 aliphatic heterocycles. The smallest absolute Gasteiger partial charge is 0.254 e. The summed E-state index contributed by atoms with van der Waals surface area (Å²) in [4.78, 5) is 15.0. The fourth-order valence-corrected chi connectivity index (χ4v) is 5.68. The van der Waals surface area contributed by atoms with Gasteiger partial charge in [-0.3, -0.25) is 4.79 Å². The Labute approximate surface area is 228 Å². The first kappa shape index (κ1) is 29.6. The Bertz CT molecular complexity index is 940. The topological polar surface area (TPSA) is 83.1 Å². The van der Waals surface area contributed by atoms with Crippen LogP contribution in [0.5, 0.6) is 5.75 Å². The first-order valence-corrected chi connectivity index (χ1v) is 14.2. The van der Waals surface area contributed by atoms with Gasteiger partial charge >= 0.3 is 0 Å². The van der Waals surface area contributed by atoms with Crippen LogP contribution in [0.3, 0.4) is 0 Å². The molecule has 202 valence electrons. The van der Waals surface area contributed by atoms with Crippen LogP contribution in [-0.4, -0.2) is 58.3 Å². The molecule has 2 unspecified atom stereocenters. The van der Waals surface area contributed by atoms with Crippen molar-refractivity contribution < 1.29 is 23.6 Å². The number of carbonyl (C=O) groups excluding carboxylic acids is 1. The maximum Gasteiger partial charge on any atom is 0.254 e. The van der Waals surface area contributed by atoms with Crippen LogP contribution in [0.4, 0.5) is 0 Å². The number of benzene rings is 1. The SMILES string of the molecule is C=CCOc1cc(Cl)c(Cl)cc1[C@H](N[S+]([O-])C(C)(C)C)C1CCCN(C(=O)[C@H]2COC(C)(C)O2)CC1. The quantitative estimate of drug-likeness (QED) is 0.337. The number of ether oxygens (including phenoxy) is 3. The lowest BCUT2D eigenvalue weighted by Crippen LogP contribution is -2.44. The second kappa shape index (κ2) is 12.2. The van der Waals surface area contributed by atoms with E-state index in [2.05, 4.69) is 11.3 Å². The highest BCUT2D eigenvalue weighted by Crippen LogP contribution is 2.41. The predicted molar refractivity (Wildman–Crippen MR) is 145 cm³/mol. The number of carbonyl (C=O) groups is 1. The monoisotopic (exact) mass is 560 g/mol. The molecule has 1 aromatic rings. The van der Waals surface area contributed by atoms with Crippen LogP contribution >= 0.6 is 23.2 Å². The first-order valence-electron chi connectivity index (χ1n) is 12.3. The molecule has 1 N–H and O–H groups in total. The van der Waals surface area contributed by atoms with E-state index >= 15 is 0 Å². The van der Waals surface area contributed by atoms with Crippen molar-refractivity contribution in [2.45, 2.75) is 76.6 Å². The molecule has 0 saturated carbocycles. The van der Waals surface area contributed by atoms with Crippen LogP contribution in [-0.2, 0) is 25.6 Å². The molecule has 0 spiro atoms. The normalized spacial score (nSPS) is 24.2. The number of nitrogens with one attached hydrogen (secondary N) is 1. The van der Waals surface area contributed by atoms with Gasteiger partial charge < -0.3 is 23.7 Å². The second-order valence-corrected chi connectivity index (χ2v) is 13.5. The standard InChI is InChI=1S/C26H38Cl2N2O5S/c1-7-13-33-21-15-20(28)19(27)14-18(21)23(29-36(32)25(2,3)4)17-9-8-11-30(12-10-17)24(31)22-16-34-26(5,6)35-22/h7,14-15,17,22-23,29H,1,8-13,16H2,2-6H3/t17?,22-,23-,36?/m1/s1. The maximum absolute atomic E-state index is 13.3. The molecule has 1 aromatic carbocycles. The minimum absolute atomic E-state index is 0.0476. The minimum Gasteiger partial charge on any atom is -0.598 e. The predicted octanol–water partition coefficient (Wildman–Crippen LogP) is 5.43. The number of hydrogen-bond acceptors (Lipinski definition) is 6. The van der Waals surface area contributed by atoms with Crippen molar-refractivity contribution >= 4 is 40.5 Å². The zero-order valence-electron chi connectivity index (χ0n) is 21.8. The number of rotatable bonds is 8. The van der Waals surface area contributed by atoms with Gasteiger partial charge in [-0.1, -0.05) is 35.9 Å². The van der Waals surface area contributed by atoms with E-state index in [4.69, 9.17) is 37.4 Å². The van der Waals surface area contributed by atoms with Crippen molar-refractivity contribution in [1.82, 2.24) is 9.62 Å². The van der Waals surface area contributed by atoms with E-state index in [9.17, 15) is 9.35 Å². The zero-order valence-corrected chi connectivity index (χ0v) is 24.1. The molecular formula is C26H38Cl2N2O5S. The Morgan fingerprint density at radius 3 is 2.64 bits per heavy atom. The molecule has 0 bridgehead atoms. The molecule has 36 heavy (non-hydrogen) atoms. The number of nitrogens with zero attached hydrogens (tertiary/aromatic N) is 1. The van der Waals surface area contributed by atoms with Gasteiger partial charge in [-0.15, -0.1) is 4.72 Å². The molecule has 4 atom stereocenters. The van der Waals surface area contributed by atoms with Gasteiger partial charge in [-0.2, -0.15) is 0 Å². The molecule has 10 heteroatoms. The molecule has 3 rings (SSSR count). The summed E-state index contributed by atoms with van der Waals surface area (Å²) >= 11 is 11.4. The lowest BCUT2D eigenvalue weighted by molar-refractivity contribution is -0.160. The van der Waals surface area contributed by atoms with Gasteiger partial charge in [0.05, 0.1) is 22.7 Å². The second-order valence-electron chi connectivity index (χ2n) is 10.7. The van der Waals surface area contributed by atoms with Gasteiger partial charge in [0.2, 0.25) is 0 Å². The van der Waals surface area contributed by atoms with Crippen LogP contribution in [0.2, 0.25) is 10.0 Å². The number of amides is 1. The van der Waals surface area contributed by atoms with Crippen molar-refractivity contribution in [3.63, 3.8) is 0 Å². The third kappa shape index (κ3) is 7.53. The highest BCUT2D eigenvalue weighted by molar-refractivity contribution is 7.90. The van der Waals surface area contributed by atoms with Gasteiger partial charge in [-0.05, 0) is 65.9 Å². The number of halogens is 2. The Balaban J connectivity index is 1.86. The lowest BCUT2D eigenvalue weighted by Gasteiger charge is -2.33. The average Bonchev–Trinajstić information content (AvgIpc) is 3.01. The maximum atomic E-state index is 13.3. The van der Waals surface area contributed by atoms with Gasteiger partial charge in [0.1, 0.15) is 17.1 Å². The minimum atomic E-state index is -1.35. The summed E-state index contributed by atoms with van der Waals surface area (Å²) < 4.78 is 33.5. The third-order valence-electron chi connectivity index (χ3n) is 6.37. The van der Waals surface area contributed by atoms with Gasteiger partial charge in [0.25, 0.3) is 5.91 Å². The van der Waals surface area contributed by atoms with E-state index in [0.717, 1.165) is 18.4 Å². The number of likely N-dealkylation sites (tertiary alicyclic amines) is 1. The van der Waals surface area contributed by atoms with Crippen LogP contribution in [0, 0.1) is 5.92 Å². The fourth-order valence-electron chi connectivity index (χ4n) is 4.45. The Hall–Kier alpha value is -1.00. The largest absolute Gasteiger partial charge is 0.598 e. The fraction of sp³-hybridized carbons (Fsp3) is 0.654. The molecule has 2 heterocycles. The van der Waals surface area contributed by atoms with Crippen LogP contribution in [0.15, 0.2) is 24.8 Å². The average molecular weight is 562 g/mol. The Morgan fingerprint density at radius 2 is 2.03 bits per heavy atom. The first-order chi connectivity index (χ1) is 16.8. The van der Waals surface area contributed by atoms with Gasteiger partial charge in [0.15, 0.2) is 11.9 Å². The van der Waals surface area contributed by atoms with Crippen molar-refractivity contribution in [2.75, 3.05) is 26.3 Å². The molecule has 2 aliphatic rings. The van der Waals surface area contributed by atoms with Crippen LogP contribution in [0.1, 0.15) is 65.5 Å². The molecule has 0 radical (unpaired) electrons. The highest BCUT2D eigenvalue weighted by Gasteiger charge is 2.41. The van der Waals surface area contributed by atoms with Crippen molar-refractivity contribution in [3.8, 4) is 5.75 Å². The zero-order chi connectivity index (χ0) is 26.7. The van der Waals surface area contributed by atoms with E-state index in [1.165, 1.54) is 0 Å². The van der Waals surface area contributed by atoms with Crippen molar-refractivity contribution in [2.24, 2.45) is 5.92 Å². The number of hydrogen-bond donors (Lipinski definition) is 1. The Kier molecular flexibility index (Phi) is 10.0. The molecule has 0 aromatic heterocycles. The van der Waals surface area contributed by atoms with Gasteiger partial charge in [-0.25, -0.2) is 0 Å². The molecule has 0 aliphatic carbocycles. The lowest BCUT2D eigenvalue weighted by atomic mass is 9.87. The summed E-state index contributed by atoms with van der Waals surface area (Å²) in [7, 11) is 0. The van der Waals surface area contributed by atoms with Crippen molar-refractivity contribution in [1.29, 1.82) is 0 Å². The summed E-state index contributed by atoms with van der Waals surface area (Å²) in [5, 5.41) is 0.784. The summed E-state index contributed by atoms with van der Waals surface area (Å²) in [6.07, 6.45) is 3.42. The summed E-state index contributed by atoms with van der Waals surface area (Å²) in [6.45, 7) is 14.9. The van der Waals surface area contributed by atoms with E-state index in [0.29, 0.717) is 41.9 Å². The van der Waals surface area contributed by atoms with Crippen LogP contribution < -0.4 is 9.46 Å². The summed E-state index contributed by atoms with van der Waals surface area (Å²) in [5.74, 6) is -0.150. The molecule has 2 fully saturated rings. The summed E-state index contributed by atoms with van der Waals surface area (Å²) in [6, 6.07) is 3.17. The van der Waals surface area contributed by atoms with E-state index in [-0.39, 0.29) is 24.5 Å². The molecule has 7 nitrogen and oxygen atoms in total.